The van der Waals surface area contributed by atoms with Crippen LogP contribution in [-0.2, 0) is 57.1 Å². The van der Waals surface area contributed by atoms with Crippen LogP contribution >= 0.6 is 0 Å². The van der Waals surface area contributed by atoms with E-state index >= 15 is 0 Å². The van der Waals surface area contributed by atoms with Crippen LogP contribution in [0.15, 0.2) is 12.2 Å². The van der Waals surface area contributed by atoms with Crippen molar-refractivity contribution in [2.45, 2.75) is 63.1 Å². The van der Waals surface area contributed by atoms with E-state index in [1.165, 1.54) is 24.0 Å². The summed E-state index contributed by atoms with van der Waals surface area (Å²) in [5, 5.41) is 35.1. The van der Waals surface area contributed by atoms with Gasteiger partial charge in [0.2, 0.25) is 11.8 Å². The molecule has 0 spiro atoms. The summed E-state index contributed by atoms with van der Waals surface area (Å²) in [5.41, 5.74) is 0. The minimum Gasteiger partial charge on any atom is -0.542 e. The standard InChI is InChI=1S/C27H49N2O13.C10H14N2O2.Li/c1-21(32)29-25-22(42-23(20-31)26(34)27(25)35)4-2-8-36-12-15-39-11-6-28-24(33)5-10-38-14-17-41-19-18-40-16-13-37-9-3-7-30;1-3-11(4-2)7-8-12-9(13)5-6-10(12)14;/h22-23,25-27,31,34-35H,2-6,8-20H2,1H3,(H,28,33)(H,29,32);5-6H,1-4,7-8H2;/q-1;-2;+1/t22-,23-,25+,26+,27-;;/m1../s1. The average molecular weight is 811 g/mol. The third kappa shape index (κ3) is 25.7. The van der Waals surface area contributed by atoms with Crippen LogP contribution in [0.5, 0.6) is 0 Å². The molecule has 0 aromatic heterocycles. The van der Waals surface area contributed by atoms with Crippen molar-refractivity contribution in [1.82, 2.24) is 20.4 Å². The number of aliphatic hydroxyl groups is 3. The van der Waals surface area contributed by atoms with Gasteiger partial charge in [-0.2, -0.15) is 0 Å². The number of aliphatic hydroxyl groups excluding tert-OH is 3. The number of carbonyl (C=O) groups is 4. The summed E-state index contributed by atoms with van der Waals surface area (Å²) in [6, 6.07) is -0.784. The Kier molecular flexibility index (Phi) is 34.1. The van der Waals surface area contributed by atoms with Crippen molar-refractivity contribution in [3.63, 3.8) is 0 Å². The van der Waals surface area contributed by atoms with Crippen LogP contribution < -0.4 is 29.5 Å². The van der Waals surface area contributed by atoms with Crippen molar-refractivity contribution in [2.24, 2.45) is 0 Å². The van der Waals surface area contributed by atoms with Crippen molar-refractivity contribution in [3.05, 3.63) is 26.0 Å². The first kappa shape index (κ1) is 54.6. The molecule has 0 aromatic carbocycles. The molecule has 0 bridgehead atoms. The molecule has 57 heavy (non-hydrogen) atoms. The molecule has 20 heteroatoms. The van der Waals surface area contributed by atoms with Crippen molar-refractivity contribution in [3.8, 4) is 0 Å². The van der Waals surface area contributed by atoms with E-state index in [1.54, 1.807) is 6.29 Å². The van der Waals surface area contributed by atoms with E-state index in [9.17, 15) is 39.3 Å². The van der Waals surface area contributed by atoms with Gasteiger partial charge in [-0.25, -0.2) is 0 Å². The first-order valence-electron chi connectivity index (χ1n) is 18.9. The molecule has 19 nitrogen and oxygen atoms in total. The second-order valence-corrected chi connectivity index (χ2v) is 12.4. The maximum Gasteiger partial charge on any atom is 1.00 e. The van der Waals surface area contributed by atoms with Crippen molar-refractivity contribution in [2.75, 3.05) is 119 Å². The van der Waals surface area contributed by atoms with Crippen molar-refractivity contribution >= 4 is 29.9 Å². The zero-order valence-corrected chi connectivity index (χ0v) is 33.6. The van der Waals surface area contributed by atoms with Gasteiger partial charge in [0, 0.05) is 58.3 Å². The molecule has 5 atom stereocenters. The first-order chi connectivity index (χ1) is 27.1. The van der Waals surface area contributed by atoms with Gasteiger partial charge in [-0.3, -0.25) is 30.4 Å². The number of nitrogens with one attached hydrogen (secondary N) is 2. The van der Waals surface area contributed by atoms with Gasteiger partial charge in [-0.1, -0.05) is 0 Å². The van der Waals surface area contributed by atoms with Crippen molar-refractivity contribution < 1.29 is 91.3 Å². The van der Waals surface area contributed by atoms with Crippen LogP contribution in [0, 0.1) is 13.8 Å². The SMILES string of the molecule is CC(=O)N[C@@H]1[C@@H](O)[C@@H](O)[C@@H](CO)O[C@@H]1CCCOCCOCCNC(=O)CCOCCOCCOCCOCC[C-]=O.[CH2-]CN(C[CH2-])CCN1C(=O)C=CC1=O.[Li+]. The van der Waals surface area contributed by atoms with Crippen LogP contribution in [0.3, 0.4) is 0 Å². The minimum absolute atomic E-state index is 0. The van der Waals surface area contributed by atoms with E-state index in [2.05, 4.69) is 24.5 Å². The van der Waals surface area contributed by atoms with E-state index in [0.29, 0.717) is 118 Å². The minimum atomic E-state index is -1.30. The maximum absolute atomic E-state index is 11.8. The van der Waals surface area contributed by atoms with Crippen molar-refractivity contribution in [1.29, 1.82) is 0 Å². The molecule has 4 amide bonds. The molecule has 0 aromatic rings. The molecular weight excluding hydrogens is 747 g/mol. The largest absolute Gasteiger partial charge is 1.00 e. The number of hydrogen-bond acceptors (Lipinski definition) is 16. The molecule has 0 unspecified atom stereocenters. The van der Waals surface area contributed by atoms with Crippen LogP contribution in [0.25, 0.3) is 0 Å². The van der Waals surface area contributed by atoms with Gasteiger partial charge >= 0.3 is 18.9 Å². The Morgan fingerprint density at radius 3 is 1.88 bits per heavy atom. The van der Waals surface area contributed by atoms with Crippen LogP contribution in [0.1, 0.15) is 32.6 Å². The Bertz CT molecular complexity index is 1100. The van der Waals surface area contributed by atoms with Crippen LogP contribution in [0.4, 0.5) is 0 Å². The average Bonchev–Trinajstić information content (AvgIpc) is 3.51. The Morgan fingerprint density at radius 2 is 1.35 bits per heavy atom. The smallest absolute Gasteiger partial charge is 0.542 e. The third-order valence-corrected chi connectivity index (χ3v) is 8.23. The number of ether oxygens (including phenoxy) is 7. The number of amides is 4. The van der Waals surface area contributed by atoms with Gasteiger partial charge in [-0.15, -0.1) is 19.5 Å². The Morgan fingerprint density at radius 1 is 0.825 bits per heavy atom. The summed E-state index contributed by atoms with van der Waals surface area (Å²) in [6.45, 7) is 15.5. The predicted octanol–water partition coefficient (Wildman–Crippen LogP) is -5.26. The predicted molar refractivity (Wildman–Crippen MR) is 200 cm³/mol. The number of carbonyl (C=O) groups excluding carboxylic acids is 5. The number of imide groups is 1. The molecule has 5 N–H and O–H groups in total. The molecule has 2 heterocycles. The molecule has 0 saturated carbocycles. The van der Waals surface area contributed by atoms with Gasteiger partial charge < -0.3 is 82.7 Å². The summed E-state index contributed by atoms with van der Waals surface area (Å²) in [6.07, 6.45) is 1.80. The quantitative estimate of drug-likeness (QED) is 0.0185. The van der Waals surface area contributed by atoms with Crippen LogP contribution in [0.2, 0.25) is 0 Å². The normalized spacial score (nSPS) is 20.3. The topological polar surface area (TPSA) is 241 Å². The van der Waals surface area contributed by atoms with Crippen LogP contribution in [-0.4, -0.2) is 204 Å². The fourth-order valence-electron chi connectivity index (χ4n) is 5.18. The van der Waals surface area contributed by atoms with Gasteiger partial charge in [0.25, 0.3) is 11.8 Å². The molecular formula is C37H63LiN4O15-2. The van der Waals surface area contributed by atoms with Gasteiger partial charge in [0.1, 0.15) is 18.3 Å². The molecule has 324 valence electrons. The second-order valence-electron chi connectivity index (χ2n) is 12.4. The molecule has 2 rings (SSSR count). The number of hydrogen-bond donors (Lipinski definition) is 5. The van der Waals surface area contributed by atoms with Gasteiger partial charge in [0.15, 0.2) is 0 Å². The Balaban J connectivity index is 0.00000175. The van der Waals surface area contributed by atoms with E-state index in [4.69, 9.17) is 33.2 Å². The Labute approximate surface area is 348 Å². The van der Waals surface area contributed by atoms with E-state index in [0.717, 1.165) is 0 Å². The monoisotopic (exact) mass is 810 g/mol. The fraction of sp³-hybridized carbons (Fsp3) is 0.757. The van der Waals surface area contributed by atoms with Gasteiger partial charge in [0.05, 0.1) is 84.8 Å². The summed E-state index contributed by atoms with van der Waals surface area (Å²) in [7, 11) is 0. The summed E-state index contributed by atoms with van der Waals surface area (Å²) in [5.74, 6) is -0.959. The number of rotatable bonds is 32. The number of nitrogens with zero attached hydrogens (tertiary/aromatic N) is 2. The fourth-order valence-corrected chi connectivity index (χ4v) is 5.18. The summed E-state index contributed by atoms with van der Waals surface area (Å²) >= 11 is 0. The molecule has 1 saturated heterocycles. The van der Waals surface area contributed by atoms with Gasteiger partial charge in [-0.05, 0) is 12.8 Å². The summed E-state index contributed by atoms with van der Waals surface area (Å²) in [4.78, 5) is 58.8. The second kappa shape index (κ2) is 35.6. The van der Waals surface area contributed by atoms with E-state index < -0.39 is 37.1 Å². The summed E-state index contributed by atoms with van der Waals surface area (Å²) < 4.78 is 37.8. The van der Waals surface area contributed by atoms with E-state index in [-0.39, 0.29) is 61.9 Å². The Hall–Kier alpha value is -2.35. The first-order valence-corrected chi connectivity index (χ1v) is 18.9. The molecule has 0 aliphatic carbocycles. The molecule has 2 aliphatic heterocycles. The molecule has 2 aliphatic rings. The van der Waals surface area contributed by atoms with E-state index in [1.807, 2.05) is 4.90 Å². The third-order valence-electron chi connectivity index (χ3n) is 8.23. The maximum atomic E-state index is 11.8. The zero-order valence-electron chi connectivity index (χ0n) is 33.6. The zero-order chi connectivity index (χ0) is 41.4. The molecule has 1 fully saturated rings. The molecule has 0 radical (unpaired) electrons.